The van der Waals surface area contributed by atoms with Crippen molar-refractivity contribution in [3.63, 3.8) is 0 Å². The molecule has 5 nitrogen and oxygen atoms in total. The highest BCUT2D eigenvalue weighted by Crippen LogP contribution is 2.29. The average Bonchev–Trinajstić information content (AvgIpc) is 2.61. The summed E-state index contributed by atoms with van der Waals surface area (Å²) in [5.74, 6) is 0.534. The van der Waals surface area contributed by atoms with Crippen LogP contribution in [0.15, 0.2) is 41.4 Å². The normalized spacial score (nSPS) is 16.6. The summed E-state index contributed by atoms with van der Waals surface area (Å²) in [5.41, 5.74) is 0.949. The smallest absolute Gasteiger partial charge is 0.259 e. The van der Waals surface area contributed by atoms with Crippen molar-refractivity contribution < 1.29 is 26.6 Å². The van der Waals surface area contributed by atoms with E-state index in [-0.39, 0.29) is 13.1 Å². The molecule has 0 spiro atoms. The molecule has 1 aromatic heterocycles. The van der Waals surface area contributed by atoms with E-state index in [9.17, 15) is 21.6 Å². The zero-order valence-corrected chi connectivity index (χ0v) is 15.9. The maximum absolute atomic E-state index is 12.9. The number of benzene rings is 1. The molecule has 2 aromatic rings. The number of hydrogen-bond donors (Lipinski definition) is 0. The molecule has 146 valence electrons. The van der Waals surface area contributed by atoms with Gasteiger partial charge in [0, 0.05) is 6.07 Å². The number of alkyl halides is 3. The monoisotopic (exact) mass is 400 g/mol. The summed E-state index contributed by atoms with van der Waals surface area (Å²) >= 11 is 0. The predicted molar refractivity (Wildman–Crippen MR) is 94.9 cm³/mol. The molecule has 0 amide bonds. The standard InChI is InChI=1S/C18H20F3N3O2S/c1-13-3-5-16(14(2)11-13)27(25,26)24-9-7-23(8-10-24)17-6-4-15(12-22-17)18(19,20)21/h3-6,11-12H,7-10H2,1-2H3/p+1. The van der Waals surface area contributed by atoms with Gasteiger partial charge in [-0.1, -0.05) is 17.7 Å². The topological polar surface area (TPSA) is 54.8 Å². The molecular weight excluding hydrogens is 379 g/mol. The number of hydrogen-bond acceptors (Lipinski definition) is 3. The van der Waals surface area contributed by atoms with Gasteiger partial charge in [0.25, 0.3) is 5.82 Å². The largest absolute Gasteiger partial charge is 0.419 e. The van der Waals surface area contributed by atoms with E-state index in [0.717, 1.165) is 17.8 Å². The lowest BCUT2D eigenvalue weighted by Gasteiger charge is -2.30. The second-order valence-electron chi connectivity index (χ2n) is 6.62. The van der Waals surface area contributed by atoms with Gasteiger partial charge in [-0.3, -0.25) is 4.90 Å². The number of H-pyrrole nitrogens is 1. The number of pyridine rings is 1. The van der Waals surface area contributed by atoms with Crippen LogP contribution in [0.5, 0.6) is 0 Å². The van der Waals surface area contributed by atoms with Crippen molar-refractivity contribution in [2.45, 2.75) is 24.9 Å². The fourth-order valence-corrected chi connectivity index (χ4v) is 4.81. The van der Waals surface area contributed by atoms with Crippen LogP contribution in [-0.2, 0) is 16.2 Å². The van der Waals surface area contributed by atoms with E-state index in [2.05, 4.69) is 4.98 Å². The summed E-state index contributed by atoms with van der Waals surface area (Å²) in [6.45, 7) is 5.00. The molecule has 1 aromatic carbocycles. The fraction of sp³-hybridized carbons (Fsp3) is 0.389. The Hall–Kier alpha value is -2.13. The van der Waals surface area contributed by atoms with Crippen LogP contribution in [0.4, 0.5) is 19.0 Å². The van der Waals surface area contributed by atoms with Crippen LogP contribution in [0.3, 0.4) is 0 Å². The molecule has 2 heterocycles. The second-order valence-corrected chi connectivity index (χ2v) is 8.53. The third-order valence-corrected chi connectivity index (χ3v) is 6.71. The van der Waals surface area contributed by atoms with Crippen LogP contribution >= 0.6 is 0 Å². The van der Waals surface area contributed by atoms with Gasteiger partial charge in [0.15, 0.2) is 0 Å². The first-order chi connectivity index (χ1) is 12.6. The maximum Gasteiger partial charge on any atom is 0.419 e. The van der Waals surface area contributed by atoms with Crippen LogP contribution < -0.4 is 9.88 Å². The fourth-order valence-electron chi connectivity index (χ4n) is 3.19. The lowest BCUT2D eigenvalue weighted by atomic mass is 10.2. The quantitative estimate of drug-likeness (QED) is 0.796. The Balaban J connectivity index is 1.71. The van der Waals surface area contributed by atoms with Crippen molar-refractivity contribution in [1.29, 1.82) is 0 Å². The molecule has 1 aliphatic rings. The molecule has 3 rings (SSSR count). The van der Waals surface area contributed by atoms with Crippen LogP contribution in [0.2, 0.25) is 0 Å². The minimum Gasteiger partial charge on any atom is -0.259 e. The molecule has 0 radical (unpaired) electrons. The lowest BCUT2D eigenvalue weighted by molar-refractivity contribution is -0.367. The Morgan fingerprint density at radius 3 is 2.19 bits per heavy atom. The highest BCUT2D eigenvalue weighted by molar-refractivity contribution is 7.89. The number of aryl methyl sites for hydroxylation is 2. The predicted octanol–water partition coefficient (Wildman–Crippen LogP) is 2.65. The number of halogens is 3. The van der Waals surface area contributed by atoms with E-state index in [0.29, 0.717) is 29.4 Å². The molecule has 1 N–H and O–H groups in total. The summed E-state index contributed by atoms with van der Waals surface area (Å²) in [6.07, 6.45) is -3.47. The van der Waals surface area contributed by atoms with Gasteiger partial charge in [-0.05, 0) is 31.5 Å². The molecular formula is C18H21F3N3O2S+. The van der Waals surface area contributed by atoms with E-state index < -0.39 is 21.8 Å². The molecule has 0 bridgehead atoms. The molecule has 1 fully saturated rings. The molecule has 0 atom stereocenters. The van der Waals surface area contributed by atoms with Crippen LogP contribution in [-0.4, -0.2) is 38.9 Å². The Labute approximate surface area is 156 Å². The summed E-state index contributed by atoms with van der Waals surface area (Å²) < 4.78 is 65.2. The number of sulfonamides is 1. The van der Waals surface area contributed by atoms with Gasteiger partial charge in [-0.2, -0.15) is 17.5 Å². The number of aromatic amines is 1. The number of aromatic nitrogens is 1. The Bertz CT molecular complexity index is 920. The first-order valence-corrected chi connectivity index (χ1v) is 9.94. The highest BCUT2D eigenvalue weighted by atomic mass is 32.2. The van der Waals surface area contributed by atoms with Gasteiger partial charge in [0.05, 0.1) is 36.6 Å². The first-order valence-electron chi connectivity index (χ1n) is 8.50. The van der Waals surface area contributed by atoms with Crippen molar-refractivity contribution in [3.8, 4) is 0 Å². The second kappa shape index (κ2) is 7.12. The average molecular weight is 400 g/mol. The van der Waals surface area contributed by atoms with Crippen molar-refractivity contribution in [1.82, 2.24) is 4.31 Å². The van der Waals surface area contributed by atoms with E-state index in [4.69, 9.17) is 0 Å². The van der Waals surface area contributed by atoms with Gasteiger partial charge in [0.2, 0.25) is 10.0 Å². The zero-order chi connectivity index (χ0) is 19.8. The third-order valence-electron chi connectivity index (χ3n) is 4.65. The van der Waals surface area contributed by atoms with E-state index in [1.807, 2.05) is 17.9 Å². The number of anilines is 1. The summed E-state index contributed by atoms with van der Waals surface area (Å²) in [5, 5.41) is 0. The Kier molecular flexibility index (Phi) is 5.18. The summed E-state index contributed by atoms with van der Waals surface area (Å²) in [7, 11) is -3.59. The summed E-state index contributed by atoms with van der Waals surface area (Å²) in [4.78, 5) is 4.79. The lowest BCUT2D eigenvalue weighted by Crippen LogP contribution is -2.50. The highest BCUT2D eigenvalue weighted by Gasteiger charge is 2.34. The van der Waals surface area contributed by atoms with Gasteiger partial charge < -0.3 is 0 Å². The van der Waals surface area contributed by atoms with Crippen molar-refractivity contribution in [3.05, 3.63) is 53.2 Å². The molecule has 0 unspecified atom stereocenters. The Morgan fingerprint density at radius 2 is 1.67 bits per heavy atom. The number of piperazine rings is 1. The first kappa shape index (κ1) is 19.6. The molecule has 1 aliphatic heterocycles. The SMILES string of the molecule is Cc1ccc(S(=O)(=O)N2CCN(c3ccc(C(F)(F)F)c[nH+]3)CC2)c(C)c1. The van der Waals surface area contributed by atoms with E-state index in [1.165, 1.54) is 10.4 Å². The van der Waals surface area contributed by atoms with Gasteiger partial charge in [0.1, 0.15) is 6.20 Å². The van der Waals surface area contributed by atoms with Gasteiger partial charge in [-0.25, -0.2) is 13.4 Å². The van der Waals surface area contributed by atoms with E-state index >= 15 is 0 Å². The molecule has 0 saturated carbocycles. The molecule has 1 saturated heterocycles. The molecule has 0 aliphatic carbocycles. The van der Waals surface area contributed by atoms with Crippen LogP contribution in [0.25, 0.3) is 0 Å². The van der Waals surface area contributed by atoms with Crippen LogP contribution in [0, 0.1) is 13.8 Å². The number of rotatable bonds is 3. The number of nitrogens with zero attached hydrogens (tertiary/aromatic N) is 2. The minimum atomic E-state index is -4.40. The van der Waals surface area contributed by atoms with Crippen molar-refractivity contribution in [2.75, 3.05) is 31.1 Å². The molecule has 27 heavy (non-hydrogen) atoms. The third kappa shape index (κ3) is 4.08. The van der Waals surface area contributed by atoms with Crippen LogP contribution in [0.1, 0.15) is 16.7 Å². The van der Waals surface area contributed by atoms with E-state index in [1.54, 1.807) is 19.1 Å². The zero-order valence-electron chi connectivity index (χ0n) is 15.0. The van der Waals surface area contributed by atoms with Gasteiger partial charge in [-0.15, -0.1) is 0 Å². The maximum atomic E-state index is 12.9. The summed E-state index contributed by atoms with van der Waals surface area (Å²) in [6, 6.07) is 7.62. The van der Waals surface area contributed by atoms with Crippen molar-refractivity contribution >= 4 is 15.8 Å². The molecule has 9 heteroatoms. The number of nitrogens with one attached hydrogen (secondary N) is 1. The minimum absolute atomic E-state index is 0.268. The Morgan fingerprint density at radius 1 is 1.00 bits per heavy atom. The van der Waals surface area contributed by atoms with Gasteiger partial charge >= 0.3 is 6.18 Å². The van der Waals surface area contributed by atoms with Crippen molar-refractivity contribution in [2.24, 2.45) is 0 Å².